The zero-order chi connectivity index (χ0) is 20.4. The summed E-state index contributed by atoms with van der Waals surface area (Å²) >= 11 is 11.9. The Morgan fingerprint density at radius 2 is 1.82 bits per heavy atom. The summed E-state index contributed by atoms with van der Waals surface area (Å²) in [7, 11) is 0. The predicted molar refractivity (Wildman–Crippen MR) is 107 cm³/mol. The van der Waals surface area contributed by atoms with Crippen LogP contribution in [0.1, 0.15) is 22.8 Å². The van der Waals surface area contributed by atoms with Crippen LogP contribution in [0.3, 0.4) is 0 Å². The van der Waals surface area contributed by atoms with Crippen molar-refractivity contribution < 1.29 is 19.1 Å². The van der Waals surface area contributed by atoms with E-state index >= 15 is 0 Å². The largest absolute Gasteiger partial charge is 0.451 e. The van der Waals surface area contributed by atoms with Crippen molar-refractivity contribution in [3.8, 4) is 0 Å². The molecule has 0 aromatic heterocycles. The number of fused-ring (bicyclic) bond motifs is 1. The van der Waals surface area contributed by atoms with Gasteiger partial charge in [0.05, 0.1) is 15.7 Å². The van der Waals surface area contributed by atoms with Crippen LogP contribution in [-0.4, -0.2) is 35.3 Å². The number of carbonyl (C=O) groups is 3. The third-order valence-electron chi connectivity index (χ3n) is 4.21. The first kappa shape index (κ1) is 19.9. The van der Waals surface area contributed by atoms with Gasteiger partial charge in [0.1, 0.15) is 6.54 Å². The topological polar surface area (TPSA) is 75.7 Å². The van der Waals surface area contributed by atoms with Gasteiger partial charge in [-0.3, -0.25) is 19.3 Å². The Kier molecular flexibility index (Phi) is 5.72. The van der Waals surface area contributed by atoms with E-state index in [2.05, 4.69) is 11.9 Å². The normalized spacial score (nSPS) is 13.9. The van der Waals surface area contributed by atoms with Gasteiger partial charge < -0.3 is 10.1 Å². The second kappa shape index (κ2) is 8.04. The number of carbonyl (C=O) groups excluding carboxylic acids is 3. The molecule has 2 amide bonds. The summed E-state index contributed by atoms with van der Waals surface area (Å²) in [6, 6.07) is 11.7. The Labute approximate surface area is 171 Å². The summed E-state index contributed by atoms with van der Waals surface area (Å²) in [6.07, 6.45) is -1.10. The van der Waals surface area contributed by atoms with Gasteiger partial charge in [-0.05, 0) is 25.1 Å². The Hall–Kier alpha value is -2.83. The smallest absolute Gasteiger partial charge is 0.326 e. The minimum Gasteiger partial charge on any atom is -0.451 e. The van der Waals surface area contributed by atoms with Gasteiger partial charge in [0.15, 0.2) is 6.10 Å². The molecule has 0 bridgehead atoms. The number of anilines is 1. The van der Waals surface area contributed by atoms with E-state index in [1.165, 1.54) is 11.8 Å². The fraction of sp³-hybridized carbons (Fsp3) is 0.150. The number of amides is 2. The molecule has 0 saturated heterocycles. The Morgan fingerprint density at radius 3 is 2.50 bits per heavy atom. The second-order valence-corrected chi connectivity index (χ2v) is 6.89. The maximum Gasteiger partial charge on any atom is 0.326 e. The van der Waals surface area contributed by atoms with Gasteiger partial charge in [0.2, 0.25) is 0 Å². The van der Waals surface area contributed by atoms with Crippen LogP contribution in [0.15, 0.2) is 49.0 Å². The highest BCUT2D eigenvalue weighted by Crippen LogP contribution is 2.31. The lowest BCUT2D eigenvalue weighted by atomic mass is 10.1. The average Bonchev–Trinajstić information content (AvgIpc) is 2.90. The molecular formula is C20H16Cl2N2O4. The van der Waals surface area contributed by atoms with Crippen LogP contribution in [0.5, 0.6) is 0 Å². The number of halogens is 2. The lowest BCUT2D eigenvalue weighted by Crippen LogP contribution is -2.35. The molecule has 1 aliphatic heterocycles. The first-order valence-corrected chi connectivity index (χ1v) is 9.09. The number of nitrogens with one attached hydrogen (secondary N) is 1. The molecule has 8 heteroatoms. The summed E-state index contributed by atoms with van der Waals surface area (Å²) in [5, 5.41) is 3.03. The van der Waals surface area contributed by atoms with Crippen molar-refractivity contribution in [2.24, 2.45) is 0 Å². The second-order valence-electron chi connectivity index (χ2n) is 6.11. The SMILES string of the molecule is C=C1c2ccccc2C(=O)N1CC(=O)OC(C)C(=O)Nc1cccc(Cl)c1Cl. The number of benzene rings is 2. The Morgan fingerprint density at radius 1 is 1.14 bits per heavy atom. The maximum atomic E-state index is 12.4. The molecular weight excluding hydrogens is 403 g/mol. The highest BCUT2D eigenvalue weighted by molar-refractivity contribution is 6.44. The Bertz CT molecular complexity index is 955. The molecule has 6 nitrogen and oxygen atoms in total. The molecule has 2 aromatic carbocycles. The van der Waals surface area contributed by atoms with E-state index in [9.17, 15) is 14.4 Å². The Balaban J connectivity index is 1.60. The van der Waals surface area contributed by atoms with Crippen molar-refractivity contribution in [1.82, 2.24) is 4.90 Å². The molecule has 0 fully saturated rings. The van der Waals surface area contributed by atoms with Crippen molar-refractivity contribution in [3.63, 3.8) is 0 Å². The molecule has 0 radical (unpaired) electrons. The van der Waals surface area contributed by atoms with Gasteiger partial charge >= 0.3 is 5.97 Å². The monoisotopic (exact) mass is 418 g/mol. The minimum atomic E-state index is -1.10. The average molecular weight is 419 g/mol. The molecule has 3 rings (SSSR count). The first-order chi connectivity index (χ1) is 13.3. The molecule has 0 aliphatic carbocycles. The fourth-order valence-electron chi connectivity index (χ4n) is 2.75. The van der Waals surface area contributed by atoms with E-state index in [4.69, 9.17) is 27.9 Å². The standard InChI is InChI=1S/C20H16Cl2N2O4/c1-11-13-6-3-4-7-14(13)20(27)24(11)10-17(25)28-12(2)19(26)23-16-9-5-8-15(21)18(16)22/h3-9,12H,1,10H2,2H3,(H,23,26). The van der Waals surface area contributed by atoms with Gasteiger partial charge in [-0.1, -0.05) is 54.0 Å². The lowest BCUT2D eigenvalue weighted by Gasteiger charge is -2.19. The fourth-order valence-corrected chi connectivity index (χ4v) is 3.10. The lowest BCUT2D eigenvalue weighted by molar-refractivity contribution is -0.153. The van der Waals surface area contributed by atoms with E-state index in [1.54, 1.807) is 42.5 Å². The number of nitrogens with zero attached hydrogens (tertiary/aromatic N) is 1. The van der Waals surface area contributed by atoms with Crippen molar-refractivity contribution in [2.45, 2.75) is 13.0 Å². The van der Waals surface area contributed by atoms with Crippen LogP contribution in [0.25, 0.3) is 5.70 Å². The van der Waals surface area contributed by atoms with Gasteiger partial charge in [-0.2, -0.15) is 0 Å². The molecule has 1 aliphatic rings. The number of ether oxygens (including phenoxy) is 1. The van der Waals surface area contributed by atoms with Gasteiger partial charge in [0, 0.05) is 16.8 Å². The quantitative estimate of drug-likeness (QED) is 0.744. The van der Waals surface area contributed by atoms with Crippen LogP contribution >= 0.6 is 23.2 Å². The van der Waals surface area contributed by atoms with Crippen LogP contribution in [-0.2, 0) is 14.3 Å². The van der Waals surface area contributed by atoms with Gasteiger partial charge in [-0.15, -0.1) is 0 Å². The third-order valence-corrected chi connectivity index (χ3v) is 5.03. The van der Waals surface area contributed by atoms with Crippen LogP contribution in [0.4, 0.5) is 5.69 Å². The van der Waals surface area contributed by atoms with Crippen LogP contribution < -0.4 is 5.32 Å². The van der Waals surface area contributed by atoms with Crippen LogP contribution in [0, 0.1) is 0 Å². The van der Waals surface area contributed by atoms with Crippen molar-refractivity contribution in [2.75, 3.05) is 11.9 Å². The highest BCUT2D eigenvalue weighted by Gasteiger charge is 2.33. The highest BCUT2D eigenvalue weighted by atomic mass is 35.5. The molecule has 1 heterocycles. The number of esters is 1. The summed E-state index contributed by atoms with van der Waals surface area (Å²) in [5.74, 6) is -1.64. The number of rotatable bonds is 5. The van der Waals surface area contributed by atoms with Crippen molar-refractivity contribution in [1.29, 1.82) is 0 Å². The molecule has 1 atom stereocenters. The molecule has 1 unspecified atom stereocenters. The van der Waals surface area contributed by atoms with Crippen LogP contribution in [0.2, 0.25) is 10.0 Å². The summed E-state index contributed by atoms with van der Waals surface area (Å²) in [4.78, 5) is 38.2. The third kappa shape index (κ3) is 3.88. The summed E-state index contributed by atoms with van der Waals surface area (Å²) in [5.41, 5.74) is 1.87. The summed E-state index contributed by atoms with van der Waals surface area (Å²) in [6.45, 7) is 4.93. The first-order valence-electron chi connectivity index (χ1n) is 8.34. The van der Waals surface area contributed by atoms with E-state index in [1.807, 2.05) is 0 Å². The van der Waals surface area contributed by atoms with Gasteiger partial charge in [-0.25, -0.2) is 0 Å². The van der Waals surface area contributed by atoms with E-state index in [0.717, 1.165) is 0 Å². The van der Waals surface area contributed by atoms with E-state index in [0.29, 0.717) is 22.5 Å². The molecule has 144 valence electrons. The maximum absolute atomic E-state index is 12.4. The zero-order valence-corrected chi connectivity index (χ0v) is 16.4. The molecule has 0 saturated carbocycles. The summed E-state index contributed by atoms with van der Waals surface area (Å²) < 4.78 is 5.15. The van der Waals surface area contributed by atoms with E-state index in [-0.39, 0.29) is 22.5 Å². The van der Waals surface area contributed by atoms with E-state index < -0.39 is 18.0 Å². The molecule has 0 spiro atoms. The molecule has 28 heavy (non-hydrogen) atoms. The minimum absolute atomic E-state index is 0.188. The van der Waals surface area contributed by atoms with Crippen molar-refractivity contribution >= 4 is 52.4 Å². The predicted octanol–water partition coefficient (Wildman–Crippen LogP) is 3.99. The number of hydrogen-bond donors (Lipinski definition) is 1. The number of hydrogen-bond acceptors (Lipinski definition) is 4. The molecule has 1 N–H and O–H groups in total. The molecule has 2 aromatic rings. The van der Waals surface area contributed by atoms with Gasteiger partial charge in [0.25, 0.3) is 11.8 Å². The van der Waals surface area contributed by atoms with Crippen molar-refractivity contribution in [3.05, 3.63) is 70.2 Å². The zero-order valence-electron chi connectivity index (χ0n) is 14.9.